The van der Waals surface area contributed by atoms with Crippen LogP contribution in [-0.2, 0) is 9.84 Å². The van der Waals surface area contributed by atoms with E-state index in [1.165, 1.54) is 0 Å². The molecule has 1 aromatic heterocycles. The summed E-state index contributed by atoms with van der Waals surface area (Å²) < 4.78 is 23.9. The zero-order valence-electron chi connectivity index (χ0n) is 13.9. The van der Waals surface area contributed by atoms with Gasteiger partial charge in [-0.25, -0.2) is 13.3 Å². The van der Waals surface area contributed by atoms with Gasteiger partial charge in [-0.05, 0) is 31.5 Å². The molecule has 0 bridgehead atoms. The highest BCUT2D eigenvalue weighted by atomic mass is 32.2. The Morgan fingerprint density at radius 1 is 1.36 bits per heavy atom. The number of nitrogens with zero attached hydrogens (tertiary/aromatic N) is 4. The van der Waals surface area contributed by atoms with Crippen LogP contribution < -0.4 is 0 Å². The molecule has 0 saturated heterocycles. The molecule has 126 valence electrons. The number of aliphatic imine (C=N–C) groups is 1. The number of nitrogens with one attached hydrogen (secondary N) is 1. The minimum atomic E-state index is -3.47. The quantitative estimate of drug-likeness (QED) is 0.838. The maximum atomic E-state index is 11.9. The number of sulfone groups is 1. The summed E-state index contributed by atoms with van der Waals surface area (Å²) in [6.07, 6.45) is 1.11. The lowest BCUT2D eigenvalue weighted by Gasteiger charge is -2.26. The van der Waals surface area contributed by atoms with E-state index in [9.17, 15) is 13.7 Å². The third kappa shape index (κ3) is 2.71. The van der Waals surface area contributed by atoms with Crippen LogP contribution in [0.5, 0.6) is 0 Å². The summed E-state index contributed by atoms with van der Waals surface area (Å²) >= 11 is 0. The van der Waals surface area contributed by atoms with Crippen LogP contribution in [0.15, 0.2) is 39.6 Å². The van der Waals surface area contributed by atoms with E-state index in [4.69, 9.17) is 6.57 Å². The molecular weight excluding hydrogens is 338 g/mol. The number of allylic oxidation sites excluding steroid dienone is 2. The largest absolute Gasteiger partial charge is 0.273 e. The number of nitriles is 1. The van der Waals surface area contributed by atoms with Crippen molar-refractivity contribution in [1.29, 1.82) is 5.26 Å². The lowest BCUT2D eigenvalue weighted by molar-refractivity contribution is 0.598. The molecule has 1 aromatic carbocycles. The van der Waals surface area contributed by atoms with Crippen LogP contribution in [0.2, 0.25) is 0 Å². The van der Waals surface area contributed by atoms with Gasteiger partial charge in [0.1, 0.15) is 0 Å². The topological polar surface area (TPSA) is 103 Å². The second-order valence-corrected chi connectivity index (χ2v) is 7.97. The fraction of sp³-hybridized carbons (Fsp3) is 0.294. The third-order valence-electron chi connectivity index (χ3n) is 4.33. The molecule has 25 heavy (non-hydrogen) atoms. The fourth-order valence-corrected chi connectivity index (χ4v) is 3.94. The molecule has 2 unspecified atom stereocenters. The standard InChI is InChI=1S/C17H15N5O2S/c1-9-13(8-18)15(16(19-3)10(2)20-9)11-5-6-14-12(7-11)17(22-21-14)25(4,23)24/h5-7,13,15H,1-2,4H3,(H,21,22). The molecule has 1 aliphatic heterocycles. The Morgan fingerprint density at radius 3 is 2.68 bits per heavy atom. The van der Waals surface area contributed by atoms with E-state index < -0.39 is 21.7 Å². The Kier molecular flexibility index (Phi) is 3.94. The van der Waals surface area contributed by atoms with Crippen LogP contribution in [0.1, 0.15) is 25.3 Å². The van der Waals surface area contributed by atoms with Crippen LogP contribution in [0.4, 0.5) is 0 Å². The zero-order valence-corrected chi connectivity index (χ0v) is 14.7. The molecule has 0 aliphatic carbocycles. The minimum Gasteiger partial charge on any atom is -0.273 e. The molecule has 0 fully saturated rings. The van der Waals surface area contributed by atoms with E-state index in [-0.39, 0.29) is 5.03 Å². The summed E-state index contributed by atoms with van der Waals surface area (Å²) in [4.78, 5) is 7.91. The second-order valence-electron chi connectivity index (χ2n) is 6.02. The third-order valence-corrected chi connectivity index (χ3v) is 5.38. The number of hydrogen-bond donors (Lipinski definition) is 1. The highest BCUT2D eigenvalue weighted by Crippen LogP contribution is 2.40. The number of fused-ring (bicyclic) bond motifs is 1. The molecule has 2 atom stereocenters. The van der Waals surface area contributed by atoms with Crippen LogP contribution in [0.3, 0.4) is 0 Å². The highest BCUT2D eigenvalue weighted by molar-refractivity contribution is 7.90. The fourth-order valence-electron chi connectivity index (χ4n) is 3.16. The van der Waals surface area contributed by atoms with Crippen molar-refractivity contribution < 1.29 is 8.42 Å². The molecular formula is C17H15N5O2S. The van der Waals surface area contributed by atoms with E-state index in [0.29, 0.717) is 33.6 Å². The Bertz CT molecular complexity index is 1130. The number of hydrogen-bond acceptors (Lipinski definition) is 5. The van der Waals surface area contributed by atoms with Crippen LogP contribution in [0, 0.1) is 23.8 Å². The van der Waals surface area contributed by atoms with Gasteiger partial charge in [0.25, 0.3) is 0 Å². The van der Waals surface area contributed by atoms with Crippen LogP contribution in [-0.4, -0.2) is 30.6 Å². The van der Waals surface area contributed by atoms with Gasteiger partial charge in [-0.3, -0.25) is 10.1 Å². The Hall–Kier alpha value is -2.97. The molecule has 0 saturated carbocycles. The Labute approximate surface area is 145 Å². The van der Waals surface area contributed by atoms with E-state index in [1.54, 1.807) is 32.0 Å². The molecule has 1 aliphatic rings. The molecule has 1 N–H and O–H groups in total. The molecule has 0 radical (unpaired) electrons. The number of aromatic amines is 1. The summed E-state index contributed by atoms with van der Waals surface area (Å²) in [5, 5.41) is 16.6. The summed E-state index contributed by atoms with van der Waals surface area (Å²) in [5.41, 5.74) is 2.85. The molecule has 0 amide bonds. The van der Waals surface area contributed by atoms with Crippen molar-refractivity contribution >= 4 is 26.5 Å². The predicted octanol–water partition coefficient (Wildman–Crippen LogP) is 2.82. The number of H-pyrrole nitrogens is 1. The lowest BCUT2D eigenvalue weighted by atomic mass is 9.79. The van der Waals surface area contributed by atoms with E-state index >= 15 is 0 Å². The summed E-state index contributed by atoms with van der Waals surface area (Å²) in [6, 6.07) is 7.40. The van der Waals surface area contributed by atoms with Gasteiger partial charge >= 0.3 is 0 Å². The van der Waals surface area contributed by atoms with Crippen LogP contribution in [0.25, 0.3) is 15.7 Å². The average molecular weight is 353 g/mol. The number of benzene rings is 1. The summed E-state index contributed by atoms with van der Waals surface area (Å²) in [6.45, 7) is 11.0. The molecule has 8 heteroatoms. The maximum Gasteiger partial charge on any atom is 0.195 e. The minimum absolute atomic E-state index is 0.0316. The van der Waals surface area contributed by atoms with Gasteiger partial charge in [-0.1, -0.05) is 6.07 Å². The van der Waals surface area contributed by atoms with Gasteiger partial charge in [-0.2, -0.15) is 10.4 Å². The number of rotatable bonds is 2. The first kappa shape index (κ1) is 16.9. The van der Waals surface area contributed by atoms with Crippen molar-refractivity contribution in [1.82, 2.24) is 10.2 Å². The van der Waals surface area contributed by atoms with Gasteiger partial charge in [0.15, 0.2) is 20.6 Å². The summed E-state index contributed by atoms with van der Waals surface area (Å²) in [5.74, 6) is -1.05. The summed E-state index contributed by atoms with van der Waals surface area (Å²) in [7, 11) is -3.47. The molecule has 3 rings (SSSR count). The SMILES string of the molecule is [C-]#[N+]C1=C(C)N=C(C)C(C#N)C1c1ccc2n[nH]c(S(C)(=O)=O)c2c1. The normalized spacial score (nSPS) is 20.9. The van der Waals surface area contributed by atoms with E-state index in [1.807, 2.05) is 0 Å². The van der Waals surface area contributed by atoms with Crippen molar-refractivity contribution in [3.05, 3.63) is 46.6 Å². The van der Waals surface area contributed by atoms with E-state index in [0.717, 1.165) is 6.26 Å². The Balaban J connectivity index is 2.26. The van der Waals surface area contributed by atoms with Gasteiger partial charge < -0.3 is 0 Å². The van der Waals surface area contributed by atoms with Gasteiger partial charge in [-0.15, -0.1) is 0 Å². The first-order chi connectivity index (χ1) is 11.8. The smallest absolute Gasteiger partial charge is 0.195 e. The first-order valence-corrected chi connectivity index (χ1v) is 9.38. The maximum absolute atomic E-state index is 11.9. The predicted molar refractivity (Wildman–Crippen MR) is 93.5 cm³/mol. The van der Waals surface area contributed by atoms with E-state index in [2.05, 4.69) is 26.1 Å². The van der Waals surface area contributed by atoms with Crippen molar-refractivity contribution in [2.45, 2.75) is 24.8 Å². The lowest BCUT2D eigenvalue weighted by Crippen LogP contribution is -2.24. The molecule has 2 aromatic rings. The van der Waals surface area contributed by atoms with Crippen molar-refractivity contribution in [2.24, 2.45) is 10.9 Å². The zero-order chi connectivity index (χ0) is 18.4. The molecule has 2 heterocycles. The van der Waals surface area contributed by atoms with Crippen molar-refractivity contribution in [3.63, 3.8) is 0 Å². The monoisotopic (exact) mass is 353 g/mol. The molecule has 7 nitrogen and oxygen atoms in total. The average Bonchev–Trinajstić information content (AvgIpc) is 2.97. The van der Waals surface area contributed by atoms with Gasteiger partial charge in [0.05, 0.1) is 24.1 Å². The second kappa shape index (κ2) is 5.83. The Morgan fingerprint density at radius 2 is 2.08 bits per heavy atom. The number of aromatic nitrogens is 2. The van der Waals surface area contributed by atoms with Crippen molar-refractivity contribution in [2.75, 3.05) is 6.26 Å². The highest BCUT2D eigenvalue weighted by Gasteiger charge is 2.34. The van der Waals surface area contributed by atoms with Crippen LogP contribution >= 0.6 is 0 Å². The van der Waals surface area contributed by atoms with Gasteiger partial charge in [0, 0.05) is 29.0 Å². The molecule has 0 spiro atoms. The first-order valence-electron chi connectivity index (χ1n) is 7.49. The van der Waals surface area contributed by atoms with Crippen molar-refractivity contribution in [3.8, 4) is 6.07 Å². The van der Waals surface area contributed by atoms with Gasteiger partial charge in [0.2, 0.25) is 0 Å².